The molecule has 0 unspecified atom stereocenters. The van der Waals surface area contributed by atoms with E-state index in [1.807, 2.05) is 31.2 Å². The van der Waals surface area contributed by atoms with Crippen molar-refractivity contribution in [2.45, 2.75) is 13.3 Å². The summed E-state index contributed by atoms with van der Waals surface area (Å²) in [4.78, 5) is 4.48. The number of rotatable bonds is 4. The number of fused-ring (bicyclic) bond motifs is 1. The summed E-state index contributed by atoms with van der Waals surface area (Å²) >= 11 is 1.53. The maximum absolute atomic E-state index is 5.47. The molecular formula is C11H14N6OS. The highest BCUT2D eigenvalue weighted by Gasteiger charge is 2.13. The molecule has 8 heteroatoms. The van der Waals surface area contributed by atoms with Gasteiger partial charge in [-0.3, -0.25) is 0 Å². The number of nitrogens with zero attached hydrogens (tertiary/aromatic N) is 5. The lowest BCUT2D eigenvalue weighted by Gasteiger charge is -2.01. The zero-order valence-electron chi connectivity index (χ0n) is 10.5. The van der Waals surface area contributed by atoms with Crippen LogP contribution in [-0.2, 0) is 0 Å². The Bertz CT molecular complexity index is 631. The molecule has 1 aromatic carbocycles. The topological polar surface area (TPSA) is 101 Å². The van der Waals surface area contributed by atoms with Gasteiger partial charge in [0.05, 0.1) is 16.8 Å². The van der Waals surface area contributed by atoms with Crippen molar-refractivity contribution in [3.63, 3.8) is 0 Å². The first-order chi connectivity index (χ1) is 8.88. The van der Waals surface area contributed by atoms with Crippen LogP contribution in [0.15, 0.2) is 24.3 Å². The molecule has 0 aliphatic carbocycles. The first-order valence-electron chi connectivity index (χ1n) is 5.65. The summed E-state index contributed by atoms with van der Waals surface area (Å²) in [5.74, 6) is 0. The van der Waals surface area contributed by atoms with Gasteiger partial charge in [0.25, 0.3) is 0 Å². The molecule has 2 aromatic heterocycles. The molecule has 0 saturated carbocycles. The molecule has 0 atom stereocenters. The van der Waals surface area contributed by atoms with Crippen LogP contribution < -0.4 is 10.9 Å². The Kier molecular flexibility index (Phi) is 4.03. The maximum atomic E-state index is 5.47. The number of benzene rings is 1. The van der Waals surface area contributed by atoms with Crippen molar-refractivity contribution >= 4 is 21.6 Å². The van der Waals surface area contributed by atoms with Gasteiger partial charge < -0.3 is 10.9 Å². The smallest absolute Gasteiger partial charge is 0.342 e. The fourth-order valence-electron chi connectivity index (χ4n) is 1.53. The van der Waals surface area contributed by atoms with Crippen molar-refractivity contribution in [1.29, 1.82) is 0 Å². The fraction of sp³-hybridized carbons (Fsp3) is 0.273. The number of tetrazole rings is 1. The molecular weight excluding hydrogens is 264 g/mol. The SMILES string of the molecule is CCCOc1nnnn1-c1nc2ccccc2s1.N. The molecule has 3 rings (SSSR count). The molecule has 0 bridgehead atoms. The molecule has 0 fully saturated rings. The highest BCUT2D eigenvalue weighted by atomic mass is 32.1. The molecule has 0 aliphatic rings. The second-order valence-corrected chi connectivity index (χ2v) is 4.69. The first kappa shape index (κ1) is 13.4. The van der Waals surface area contributed by atoms with Crippen LogP contribution in [-0.4, -0.2) is 31.8 Å². The minimum absolute atomic E-state index is 0. The number of aromatic nitrogens is 5. The van der Waals surface area contributed by atoms with Crippen LogP contribution in [0.25, 0.3) is 15.3 Å². The van der Waals surface area contributed by atoms with Gasteiger partial charge in [-0.2, -0.15) is 0 Å². The van der Waals surface area contributed by atoms with Gasteiger partial charge in [0.1, 0.15) is 0 Å². The third kappa shape index (κ3) is 2.54. The number of para-hydroxylation sites is 1. The Morgan fingerprint density at radius 3 is 2.95 bits per heavy atom. The maximum Gasteiger partial charge on any atom is 0.342 e. The Morgan fingerprint density at radius 2 is 2.16 bits per heavy atom. The predicted molar refractivity (Wildman–Crippen MR) is 73.1 cm³/mol. The van der Waals surface area contributed by atoms with E-state index in [1.165, 1.54) is 16.0 Å². The summed E-state index contributed by atoms with van der Waals surface area (Å²) in [7, 11) is 0. The molecule has 0 amide bonds. The average molecular weight is 278 g/mol. The summed E-state index contributed by atoms with van der Waals surface area (Å²) in [6, 6.07) is 8.31. The van der Waals surface area contributed by atoms with E-state index < -0.39 is 0 Å². The van der Waals surface area contributed by atoms with Gasteiger partial charge in [-0.15, -0.1) is 4.68 Å². The van der Waals surface area contributed by atoms with Gasteiger partial charge in [0.15, 0.2) is 0 Å². The summed E-state index contributed by atoms with van der Waals surface area (Å²) < 4.78 is 8.10. The predicted octanol–water partition coefficient (Wildman–Crippen LogP) is 2.22. The molecule has 100 valence electrons. The van der Waals surface area contributed by atoms with Crippen molar-refractivity contribution in [1.82, 2.24) is 31.3 Å². The van der Waals surface area contributed by atoms with E-state index in [-0.39, 0.29) is 6.15 Å². The van der Waals surface area contributed by atoms with Gasteiger partial charge in [-0.25, -0.2) is 4.98 Å². The molecule has 19 heavy (non-hydrogen) atoms. The van der Waals surface area contributed by atoms with Crippen LogP contribution in [0.2, 0.25) is 0 Å². The van der Waals surface area contributed by atoms with Crippen molar-refractivity contribution < 1.29 is 4.74 Å². The third-order valence-electron chi connectivity index (χ3n) is 2.34. The van der Waals surface area contributed by atoms with Crippen LogP contribution in [0.5, 0.6) is 6.01 Å². The zero-order valence-corrected chi connectivity index (χ0v) is 11.3. The van der Waals surface area contributed by atoms with Crippen molar-refractivity contribution in [2.75, 3.05) is 6.61 Å². The van der Waals surface area contributed by atoms with E-state index in [4.69, 9.17) is 4.74 Å². The molecule has 0 saturated heterocycles. The van der Waals surface area contributed by atoms with Crippen LogP contribution in [0.4, 0.5) is 0 Å². The largest absolute Gasteiger partial charge is 0.462 e. The van der Waals surface area contributed by atoms with E-state index in [0.29, 0.717) is 17.7 Å². The van der Waals surface area contributed by atoms with Gasteiger partial charge in [-0.05, 0) is 29.0 Å². The Hall–Kier alpha value is -2.06. The minimum atomic E-state index is 0. The average Bonchev–Trinajstić information content (AvgIpc) is 3.01. The molecule has 3 aromatic rings. The monoisotopic (exact) mass is 278 g/mol. The third-order valence-corrected chi connectivity index (χ3v) is 3.35. The van der Waals surface area contributed by atoms with Crippen LogP contribution in [0, 0.1) is 0 Å². The Morgan fingerprint density at radius 1 is 1.32 bits per heavy atom. The normalized spacial score (nSPS) is 10.4. The quantitative estimate of drug-likeness (QED) is 0.785. The molecule has 0 spiro atoms. The summed E-state index contributed by atoms with van der Waals surface area (Å²) in [5, 5.41) is 12.1. The van der Waals surface area contributed by atoms with Crippen LogP contribution >= 0.6 is 11.3 Å². The molecule has 0 aliphatic heterocycles. The van der Waals surface area contributed by atoms with Gasteiger partial charge >= 0.3 is 6.01 Å². The highest BCUT2D eigenvalue weighted by molar-refractivity contribution is 7.20. The van der Waals surface area contributed by atoms with Gasteiger partial charge in [-0.1, -0.05) is 35.5 Å². The Labute approximate surface area is 113 Å². The summed E-state index contributed by atoms with van der Waals surface area (Å²) in [5.41, 5.74) is 0.939. The number of hydrogen-bond acceptors (Lipinski definition) is 7. The molecule has 7 nitrogen and oxygen atoms in total. The van der Waals surface area contributed by atoms with E-state index in [9.17, 15) is 0 Å². The fourth-order valence-corrected chi connectivity index (χ4v) is 2.44. The van der Waals surface area contributed by atoms with Crippen LogP contribution in [0.3, 0.4) is 0 Å². The van der Waals surface area contributed by atoms with Gasteiger partial charge in [0.2, 0.25) is 5.13 Å². The van der Waals surface area contributed by atoms with Crippen molar-refractivity contribution in [3.8, 4) is 11.1 Å². The summed E-state index contributed by atoms with van der Waals surface area (Å²) in [6.07, 6.45) is 0.909. The molecule has 3 N–H and O–H groups in total. The molecule has 2 heterocycles. The second-order valence-electron chi connectivity index (χ2n) is 3.69. The van der Waals surface area contributed by atoms with E-state index >= 15 is 0 Å². The second kappa shape index (κ2) is 5.72. The number of hydrogen-bond donors (Lipinski definition) is 1. The first-order valence-corrected chi connectivity index (χ1v) is 6.47. The lowest BCUT2D eigenvalue weighted by molar-refractivity contribution is 0.284. The lowest BCUT2D eigenvalue weighted by Crippen LogP contribution is -2.04. The van der Waals surface area contributed by atoms with Crippen molar-refractivity contribution in [2.24, 2.45) is 0 Å². The number of thiazole rings is 1. The highest BCUT2D eigenvalue weighted by Crippen LogP contribution is 2.25. The van der Waals surface area contributed by atoms with E-state index in [1.54, 1.807) is 0 Å². The minimum Gasteiger partial charge on any atom is -0.462 e. The zero-order chi connectivity index (χ0) is 12.4. The standard InChI is InChI=1S/C11H11N5OS.H3N/c1-2-7-17-10-13-14-15-16(10)11-12-8-5-3-4-6-9(8)18-11;/h3-6H,2,7H2,1H3;1H3. The summed E-state index contributed by atoms with van der Waals surface area (Å²) in [6.45, 7) is 2.62. The van der Waals surface area contributed by atoms with E-state index in [2.05, 4.69) is 20.5 Å². The Balaban J connectivity index is 0.00000133. The van der Waals surface area contributed by atoms with Crippen LogP contribution in [0.1, 0.15) is 13.3 Å². The van der Waals surface area contributed by atoms with Crippen molar-refractivity contribution in [3.05, 3.63) is 24.3 Å². The van der Waals surface area contributed by atoms with E-state index in [0.717, 1.165) is 16.6 Å². The molecule has 0 radical (unpaired) electrons. The van der Waals surface area contributed by atoms with Gasteiger partial charge in [0, 0.05) is 0 Å². The lowest BCUT2D eigenvalue weighted by atomic mass is 10.3. The number of ether oxygens (including phenoxy) is 1.